The Bertz CT molecular complexity index is 734. The zero-order chi connectivity index (χ0) is 19.1. The van der Waals surface area contributed by atoms with Crippen LogP contribution in [0, 0.1) is 11.8 Å². The molecule has 1 atom stereocenters. The minimum atomic E-state index is -0.0333. The number of anilines is 2. The third-order valence-corrected chi connectivity index (χ3v) is 4.44. The molecular weight excluding hydrogens is 324 g/mol. The van der Waals surface area contributed by atoms with Gasteiger partial charge in [-0.05, 0) is 48.2 Å². The summed E-state index contributed by atoms with van der Waals surface area (Å²) in [5.41, 5.74) is 3.98. The molecule has 2 aromatic carbocycles. The van der Waals surface area contributed by atoms with Crippen molar-refractivity contribution in [2.45, 2.75) is 40.5 Å². The number of hydrogen-bond donors (Lipinski definition) is 2. The van der Waals surface area contributed by atoms with Crippen LogP contribution < -0.4 is 10.6 Å². The number of carbonyl (C=O) groups excluding carboxylic acids is 2. The molecule has 4 heteroatoms. The van der Waals surface area contributed by atoms with Gasteiger partial charge < -0.3 is 10.6 Å². The smallest absolute Gasteiger partial charge is 0.227 e. The van der Waals surface area contributed by atoms with Crippen molar-refractivity contribution in [2.75, 3.05) is 10.6 Å². The molecule has 0 radical (unpaired) electrons. The summed E-state index contributed by atoms with van der Waals surface area (Å²) in [6.07, 6.45) is 1.63. The van der Waals surface area contributed by atoms with Gasteiger partial charge >= 0.3 is 0 Å². The summed E-state index contributed by atoms with van der Waals surface area (Å²) >= 11 is 0. The van der Waals surface area contributed by atoms with Crippen molar-refractivity contribution in [1.82, 2.24) is 0 Å². The first-order valence-corrected chi connectivity index (χ1v) is 9.18. The molecule has 4 nitrogen and oxygen atoms in total. The Morgan fingerprint density at radius 2 is 1.19 bits per heavy atom. The highest BCUT2D eigenvalue weighted by molar-refractivity contribution is 5.92. The van der Waals surface area contributed by atoms with Gasteiger partial charge in [0, 0.05) is 23.2 Å². The topological polar surface area (TPSA) is 58.2 Å². The number of carbonyl (C=O) groups is 2. The molecule has 2 rings (SSSR count). The van der Waals surface area contributed by atoms with Crippen LogP contribution in [0.4, 0.5) is 11.4 Å². The number of rotatable bonds is 7. The molecule has 0 heterocycles. The lowest BCUT2D eigenvalue weighted by molar-refractivity contribution is -0.120. The lowest BCUT2D eigenvalue weighted by atomic mass is 10.0. The van der Waals surface area contributed by atoms with E-state index in [0.29, 0.717) is 0 Å². The second-order valence-corrected chi connectivity index (χ2v) is 7.01. The summed E-state index contributed by atoms with van der Waals surface area (Å²) in [5, 5.41) is 5.83. The van der Waals surface area contributed by atoms with E-state index in [2.05, 4.69) is 10.6 Å². The maximum atomic E-state index is 11.9. The van der Waals surface area contributed by atoms with Gasteiger partial charge in [0.05, 0.1) is 0 Å². The van der Waals surface area contributed by atoms with Crippen molar-refractivity contribution in [2.24, 2.45) is 11.8 Å². The van der Waals surface area contributed by atoms with E-state index in [1.165, 1.54) is 11.1 Å². The van der Waals surface area contributed by atoms with E-state index < -0.39 is 0 Å². The molecule has 0 saturated carbocycles. The largest absolute Gasteiger partial charge is 0.326 e. The third-order valence-electron chi connectivity index (χ3n) is 4.44. The molecule has 0 bridgehead atoms. The van der Waals surface area contributed by atoms with E-state index in [1.807, 2.05) is 76.2 Å². The van der Waals surface area contributed by atoms with Gasteiger partial charge in [-0.3, -0.25) is 9.59 Å². The molecule has 26 heavy (non-hydrogen) atoms. The maximum Gasteiger partial charge on any atom is 0.227 e. The fourth-order valence-corrected chi connectivity index (χ4v) is 2.39. The van der Waals surface area contributed by atoms with Crippen LogP contribution in [0.25, 0.3) is 0 Å². The Labute approximate surface area is 156 Å². The van der Waals surface area contributed by atoms with Crippen LogP contribution in [0.1, 0.15) is 45.2 Å². The summed E-state index contributed by atoms with van der Waals surface area (Å²) in [7, 11) is 0. The van der Waals surface area contributed by atoms with E-state index in [0.717, 1.165) is 24.2 Å². The van der Waals surface area contributed by atoms with E-state index in [4.69, 9.17) is 0 Å². The van der Waals surface area contributed by atoms with E-state index in [9.17, 15) is 9.59 Å². The Balaban J connectivity index is 1.94. The lowest BCUT2D eigenvalue weighted by Gasteiger charge is -2.11. The van der Waals surface area contributed by atoms with Crippen molar-refractivity contribution < 1.29 is 9.59 Å². The van der Waals surface area contributed by atoms with Gasteiger partial charge in [-0.1, -0.05) is 52.0 Å². The second-order valence-electron chi connectivity index (χ2n) is 7.01. The molecule has 2 amide bonds. The molecule has 138 valence electrons. The van der Waals surface area contributed by atoms with Gasteiger partial charge in [-0.25, -0.2) is 0 Å². The van der Waals surface area contributed by atoms with Crippen LogP contribution in [0.5, 0.6) is 0 Å². The quantitative estimate of drug-likeness (QED) is 0.748. The molecule has 0 spiro atoms. The highest BCUT2D eigenvalue weighted by atomic mass is 16.2. The summed E-state index contributed by atoms with van der Waals surface area (Å²) in [4.78, 5) is 23.6. The third kappa shape index (κ3) is 5.73. The monoisotopic (exact) mass is 352 g/mol. The molecule has 0 aromatic heterocycles. The maximum absolute atomic E-state index is 11.9. The Kier molecular flexibility index (Phi) is 6.96. The number of hydrogen-bond acceptors (Lipinski definition) is 2. The van der Waals surface area contributed by atoms with Crippen LogP contribution in [0.3, 0.4) is 0 Å². The van der Waals surface area contributed by atoms with Gasteiger partial charge in [0.1, 0.15) is 0 Å². The molecule has 2 N–H and O–H groups in total. The first-order valence-electron chi connectivity index (χ1n) is 9.18. The van der Waals surface area contributed by atoms with E-state index >= 15 is 0 Å². The summed E-state index contributed by atoms with van der Waals surface area (Å²) in [6.45, 7) is 7.68. The SMILES string of the molecule is CCC(C)C(=O)Nc1ccc(Cc2ccc(NC(=O)C(C)C)cc2)cc1. The first-order chi connectivity index (χ1) is 12.4. The van der Waals surface area contributed by atoms with Crippen molar-refractivity contribution in [1.29, 1.82) is 0 Å². The van der Waals surface area contributed by atoms with Crippen molar-refractivity contribution in [3.05, 3.63) is 59.7 Å². The molecule has 0 saturated heterocycles. The summed E-state index contributed by atoms with van der Waals surface area (Å²) in [6, 6.07) is 15.8. The molecule has 2 aromatic rings. The summed E-state index contributed by atoms with van der Waals surface area (Å²) < 4.78 is 0. The fourth-order valence-electron chi connectivity index (χ4n) is 2.39. The van der Waals surface area contributed by atoms with E-state index in [-0.39, 0.29) is 23.7 Å². The summed E-state index contributed by atoms with van der Waals surface area (Å²) in [5.74, 6) is 0.0606. The van der Waals surface area contributed by atoms with Crippen molar-refractivity contribution in [3.63, 3.8) is 0 Å². The molecule has 0 fully saturated rings. The van der Waals surface area contributed by atoms with Gasteiger partial charge in [-0.2, -0.15) is 0 Å². The molecular formula is C22H28N2O2. The highest BCUT2D eigenvalue weighted by Gasteiger charge is 2.10. The highest BCUT2D eigenvalue weighted by Crippen LogP contribution is 2.17. The van der Waals surface area contributed by atoms with Crippen LogP contribution in [-0.4, -0.2) is 11.8 Å². The predicted molar refractivity (Wildman–Crippen MR) is 107 cm³/mol. The Hall–Kier alpha value is -2.62. The van der Waals surface area contributed by atoms with Crippen LogP contribution in [0.2, 0.25) is 0 Å². The van der Waals surface area contributed by atoms with Crippen molar-refractivity contribution in [3.8, 4) is 0 Å². The standard InChI is InChI=1S/C22H28N2O2/c1-5-16(4)22(26)24-20-12-8-18(9-13-20)14-17-6-10-19(11-7-17)23-21(25)15(2)3/h6-13,15-16H,5,14H2,1-4H3,(H,23,25)(H,24,26). The van der Waals surface area contributed by atoms with Gasteiger partial charge in [0.25, 0.3) is 0 Å². The minimum absolute atomic E-state index is 0.0179. The molecule has 0 aliphatic carbocycles. The average Bonchev–Trinajstić information content (AvgIpc) is 2.64. The normalized spacial score (nSPS) is 11.9. The zero-order valence-corrected chi connectivity index (χ0v) is 16.0. The van der Waals surface area contributed by atoms with Gasteiger partial charge in [0.2, 0.25) is 11.8 Å². The first kappa shape index (κ1) is 19.7. The molecule has 1 unspecified atom stereocenters. The van der Waals surface area contributed by atoms with Crippen LogP contribution in [-0.2, 0) is 16.0 Å². The minimum Gasteiger partial charge on any atom is -0.326 e. The van der Waals surface area contributed by atoms with E-state index in [1.54, 1.807) is 0 Å². The fraction of sp³-hybridized carbons (Fsp3) is 0.364. The second kappa shape index (κ2) is 9.18. The average molecular weight is 352 g/mol. The van der Waals surface area contributed by atoms with Crippen LogP contribution in [0.15, 0.2) is 48.5 Å². The predicted octanol–water partition coefficient (Wildman–Crippen LogP) is 4.86. The van der Waals surface area contributed by atoms with Crippen LogP contribution >= 0.6 is 0 Å². The Morgan fingerprint density at radius 1 is 0.769 bits per heavy atom. The number of amides is 2. The van der Waals surface area contributed by atoms with Gasteiger partial charge in [0.15, 0.2) is 0 Å². The van der Waals surface area contributed by atoms with Crippen molar-refractivity contribution >= 4 is 23.2 Å². The molecule has 0 aliphatic heterocycles. The zero-order valence-electron chi connectivity index (χ0n) is 16.0. The number of benzene rings is 2. The lowest BCUT2D eigenvalue weighted by Crippen LogP contribution is -2.19. The Morgan fingerprint density at radius 3 is 1.58 bits per heavy atom. The molecule has 0 aliphatic rings. The number of nitrogens with one attached hydrogen (secondary N) is 2. The van der Waals surface area contributed by atoms with Gasteiger partial charge in [-0.15, -0.1) is 0 Å².